The molecule has 24 heavy (non-hydrogen) atoms. The molecule has 0 saturated carbocycles. The van der Waals surface area contributed by atoms with Crippen molar-refractivity contribution < 1.29 is 9.59 Å². The number of carbonyl (C=O) groups is 2. The van der Waals surface area contributed by atoms with Gasteiger partial charge in [0, 0.05) is 23.9 Å². The molecule has 0 atom stereocenters. The molecule has 2 amide bonds. The second-order valence-electron chi connectivity index (χ2n) is 6.58. The van der Waals surface area contributed by atoms with Crippen LogP contribution in [-0.2, 0) is 9.59 Å². The van der Waals surface area contributed by atoms with Gasteiger partial charge in [0.1, 0.15) is 0 Å². The van der Waals surface area contributed by atoms with Gasteiger partial charge in [-0.1, -0.05) is 27.7 Å². The zero-order chi connectivity index (χ0) is 18.8. The van der Waals surface area contributed by atoms with E-state index in [-0.39, 0.29) is 11.8 Å². The molecule has 0 heterocycles. The Hall–Kier alpha value is -2.39. The predicted molar refractivity (Wildman–Crippen MR) is 92.9 cm³/mol. The summed E-state index contributed by atoms with van der Waals surface area (Å²) in [5, 5.41) is 27.6. The Kier molecular flexibility index (Phi) is 8.72. The van der Waals surface area contributed by atoms with Gasteiger partial charge in [-0.05, 0) is 25.1 Å². The number of amides is 2. The molecule has 0 unspecified atom stereocenters. The Labute approximate surface area is 148 Å². The number of thiocarbonyl (C=S) groups is 1. The molecule has 0 spiro atoms. The fourth-order valence-electron chi connectivity index (χ4n) is 1.71. The Morgan fingerprint density at radius 1 is 0.875 bits per heavy atom. The van der Waals surface area contributed by atoms with E-state index < -0.39 is 10.8 Å². The van der Waals surface area contributed by atoms with Crippen molar-refractivity contribution in [2.75, 3.05) is 13.1 Å². The summed E-state index contributed by atoms with van der Waals surface area (Å²) in [7, 11) is 0. The fraction of sp³-hybridized carbons (Fsp3) is 0.667. The van der Waals surface area contributed by atoms with E-state index in [0.717, 1.165) is 0 Å². The molecule has 9 heteroatoms. The zero-order valence-electron chi connectivity index (χ0n) is 14.4. The van der Waals surface area contributed by atoms with Crippen LogP contribution in [0, 0.1) is 33.7 Å². The summed E-state index contributed by atoms with van der Waals surface area (Å²) in [5.74, 6) is -0.674. The van der Waals surface area contributed by atoms with E-state index in [2.05, 4.69) is 21.3 Å². The van der Waals surface area contributed by atoms with Gasteiger partial charge in [-0.3, -0.25) is 20.2 Å². The third kappa shape index (κ3) is 7.75. The first-order valence-corrected chi connectivity index (χ1v) is 7.88. The van der Waals surface area contributed by atoms with Gasteiger partial charge < -0.3 is 10.6 Å². The lowest BCUT2D eigenvalue weighted by Gasteiger charge is -2.23. The Bertz CT molecular complexity index is 511. The van der Waals surface area contributed by atoms with E-state index >= 15 is 0 Å². The van der Waals surface area contributed by atoms with Crippen molar-refractivity contribution in [1.29, 1.82) is 10.5 Å². The first kappa shape index (κ1) is 21.6. The second kappa shape index (κ2) is 9.68. The summed E-state index contributed by atoms with van der Waals surface area (Å²) in [6.45, 7) is 7.91. The number of hydrogen-bond acceptors (Lipinski definition) is 5. The van der Waals surface area contributed by atoms with Crippen LogP contribution in [0.25, 0.3) is 0 Å². The normalized spacial score (nSPS) is 10.8. The highest BCUT2D eigenvalue weighted by atomic mass is 32.1. The summed E-state index contributed by atoms with van der Waals surface area (Å²) in [4.78, 5) is 23.3. The minimum Gasteiger partial charge on any atom is -0.363 e. The molecule has 0 aliphatic heterocycles. The highest BCUT2D eigenvalue weighted by molar-refractivity contribution is 7.80. The van der Waals surface area contributed by atoms with Gasteiger partial charge >= 0.3 is 0 Å². The molecule has 0 fully saturated rings. The number of nitriles is 2. The van der Waals surface area contributed by atoms with Crippen molar-refractivity contribution >= 4 is 29.1 Å². The van der Waals surface area contributed by atoms with E-state index in [9.17, 15) is 9.59 Å². The molecule has 4 N–H and O–H groups in total. The number of carbonyl (C=O) groups excluding carboxylic acids is 2. The van der Waals surface area contributed by atoms with Crippen LogP contribution in [0.3, 0.4) is 0 Å². The van der Waals surface area contributed by atoms with E-state index in [1.54, 1.807) is 40.1 Å². The molecule has 0 aliphatic rings. The SMILES string of the molecule is CC(C)(CCNC(=S)NCCC(C)(C)C(=O)NC#N)C(=O)NC#N. The largest absolute Gasteiger partial charge is 0.363 e. The highest BCUT2D eigenvalue weighted by Crippen LogP contribution is 2.20. The van der Waals surface area contributed by atoms with Gasteiger partial charge in [-0.2, -0.15) is 10.5 Å². The molecule has 0 rings (SSSR count). The zero-order valence-corrected chi connectivity index (χ0v) is 15.3. The molecule has 8 nitrogen and oxygen atoms in total. The first-order chi connectivity index (χ1) is 11.1. The van der Waals surface area contributed by atoms with Crippen LogP contribution in [0.15, 0.2) is 0 Å². The molecule has 0 radical (unpaired) electrons. The highest BCUT2D eigenvalue weighted by Gasteiger charge is 2.28. The molecular weight excluding hydrogens is 328 g/mol. The minimum atomic E-state index is -0.685. The van der Waals surface area contributed by atoms with Gasteiger partial charge in [0.2, 0.25) is 11.8 Å². The van der Waals surface area contributed by atoms with Crippen molar-refractivity contribution in [3.8, 4) is 12.4 Å². The smallest absolute Gasteiger partial charge is 0.238 e. The van der Waals surface area contributed by atoms with E-state index in [0.29, 0.717) is 31.0 Å². The van der Waals surface area contributed by atoms with Crippen molar-refractivity contribution in [2.24, 2.45) is 10.8 Å². The van der Waals surface area contributed by atoms with Crippen LogP contribution in [0.2, 0.25) is 0 Å². The van der Waals surface area contributed by atoms with Crippen molar-refractivity contribution in [3.05, 3.63) is 0 Å². The minimum absolute atomic E-state index is 0.337. The van der Waals surface area contributed by atoms with Crippen LogP contribution in [0.4, 0.5) is 0 Å². The van der Waals surface area contributed by atoms with E-state index in [4.69, 9.17) is 22.7 Å². The molecule has 0 aromatic rings. The fourth-order valence-corrected chi connectivity index (χ4v) is 1.91. The van der Waals surface area contributed by atoms with Gasteiger partial charge in [0.15, 0.2) is 17.5 Å². The average molecular weight is 352 g/mol. The third-order valence-corrected chi connectivity index (χ3v) is 3.93. The van der Waals surface area contributed by atoms with Crippen LogP contribution in [0.1, 0.15) is 40.5 Å². The topological polar surface area (TPSA) is 130 Å². The summed E-state index contributed by atoms with van der Waals surface area (Å²) in [6.07, 6.45) is 4.24. The summed E-state index contributed by atoms with van der Waals surface area (Å²) >= 11 is 5.14. The summed E-state index contributed by atoms with van der Waals surface area (Å²) < 4.78 is 0. The predicted octanol–water partition coefficient (Wildman–Crippen LogP) is 0.478. The Morgan fingerprint density at radius 2 is 1.21 bits per heavy atom. The second-order valence-corrected chi connectivity index (χ2v) is 6.99. The maximum atomic E-state index is 11.7. The number of nitrogens with zero attached hydrogens (tertiary/aromatic N) is 2. The van der Waals surface area contributed by atoms with Gasteiger partial charge in [0.05, 0.1) is 0 Å². The van der Waals surface area contributed by atoms with E-state index in [1.807, 2.05) is 0 Å². The average Bonchev–Trinajstić information content (AvgIpc) is 2.47. The molecule has 0 aromatic heterocycles. The monoisotopic (exact) mass is 352 g/mol. The van der Waals surface area contributed by atoms with Crippen molar-refractivity contribution in [2.45, 2.75) is 40.5 Å². The Balaban J connectivity index is 4.13. The van der Waals surface area contributed by atoms with Crippen LogP contribution < -0.4 is 21.3 Å². The number of nitrogens with one attached hydrogen (secondary N) is 4. The van der Waals surface area contributed by atoms with E-state index in [1.165, 1.54) is 0 Å². The lowest BCUT2D eigenvalue weighted by atomic mass is 9.88. The summed E-state index contributed by atoms with van der Waals surface area (Å²) in [6, 6.07) is 0. The molecule has 132 valence electrons. The number of rotatable bonds is 8. The molecule has 0 saturated heterocycles. The van der Waals surface area contributed by atoms with Gasteiger partial charge in [-0.15, -0.1) is 0 Å². The van der Waals surface area contributed by atoms with Gasteiger partial charge in [-0.25, -0.2) is 0 Å². The van der Waals surface area contributed by atoms with Crippen LogP contribution >= 0.6 is 12.2 Å². The van der Waals surface area contributed by atoms with Crippen molar-refractivity contribution in [1.82, 2.24) is 21.3 Å². The van der Waals surface area contributed by atoms with Gasteiger partial charge in [0.25, 0.3) is 0 Å². The molecule has 0 aromatic carbocycles. The maximum absolute atomic E-state index is 11.7. The lowest BCUT2D eigenvalue weighted by Crippen LogP contribution is -2.42. The first-order valence-electron chi connectivity index (χ1n) is 7.47. The molecular formula is C15H24N6O2S. The maximum Gasteiger partial charge on any atom is 0.238 e. The van der Waals surface area contributed by atoms with Crippen LogP contribution in [0.5, 0.6) is 0 Å². The molecule has 0 bridgehead atoms. The Morgan fingerprint density at radius 3 is 1.50 bits per heavy atom. The quantitative estimate of drug-likeness (QED) is 0.284. The number of hydrogen-bond donors (Lipinski definition) is 4. The third-order valence-electron chi connectivity index (χ3n) is 3.64. The standard InChI is InChI=1S/C15H24N6O2S/c1-14(2,11(22)20-9-16)5-7-18-13(24)19-8-6-15(3,4)12(23)21-10-17/h5-8H2,1-4H3,(H,20,22)(H,21,23)(H2,18,19,24). The van der Waals surface area contributed by atoms with Crippen LogP contribution in [-0.4, -0.2) is 30.0 Å². The molecule has 0 aliphatic carbocycles. The van der Waals surface area contributed by atoms with Crippen molar-refractivity contribution in [3.63, 3.8) is 0 Å². The lowest BCUT2D eigenvalue weighted by molar-refractivity contribution is -0.129. The summed E-state index contributed by atoms with van der Waals surface area (Å²) in [5.41, 5.74) is -1.37.